The molecule has 0 atom stereocenters. The van der Waals surface area contributed by atoms with Gasteiger partial charge in [-0.1, -0.05) is 279 Å². The third kappa shape index (κ3) is 10.8. The lowest BCUT2D eigenvalue weighted by atomic mass is 9.70. The van der Waals surface area contributed by atoms with Crippen LogP contribution in [-0.4, -0.2) is 5.78 Å². The number of hydrogen-bond donors (Lipinski definition) is 0. The number of unbranched alkanes of at least 4 members (excludes halogenated alkanes) is 20. The van der Waals surface area contributed by atoms with E-state index in [0.29, 0.717) is 0 Å². The molecule has 3 aliphatic rings. The molecule has 378 valence electrons. The van der Waals surface area contributed by atoms with Crippen LogP contribution in [0.4, 0.5) is 0 Å². The number of rotatable bonds is 30. The van der Waals surface area contributed by atoms with Crippen molar-refractivity contribution in [2.24, 2.45) is 0 Å². The van der Waals surface area contributed by atoms with Crippen molar-refractivity contribution in [3.8, 4) is 55.6 Å². The average molecular weight is 957 g/mol. The van der Waals surface area contributed by atoms with E-state index in [1.807, 2.05) is 0 Å². The highest BCUT2D eigenvalue weighted by Gasteiger charge is 2.44. The standard InChI is InChI=1S/C71H88O/c1-5-9-13-17-21-29-45-70(46-30-22-18-14-10-6-2)65-35-27-25-33-59(65)61-43-39-55(51-67(61)70)53-37-41-57-58-42-38-54(50-64(58)69(72)63(57)49-53)56-40-44-62-60-34-26-28-36-66(60)71(68(62)52-56,47-31-23-19-15-11-7-3)48-32-24-20-16-12-8-4/h25-28,33-44,49-52H,5-24,29-32,45-48H2,1-4H3. The van der Waals surface area contributed by atoms with Gasteiger partial charge in [0.15, 0.2) is 5.78 Å². The molecule has 0 aliphatic heterocycles. The highest BCUT2D eigenvalue weighted by atomic mass is 16.1. The molecule has 0 N–H and O–H groups in total. The average Bonchev–Trinajstić information content (AvgIpc) is 3.97. The van der Waals surface area contributed by atoms with E-state index in [4.69, 9.17) is 0 Å². The summed E-state index contributed by atoms with van der Waals surface area (Å²) in [6, 6.07) is 46.8. The summed E-state index contributed by atoms with van der Waals surface area (Å²) in [4.78, 5) is 14.8. The molecule has 6 aromatic rings. The number of carbonyl (C=O) groups is 1. The molecule has 0 fully saturated rings. The molecule has 0 saturated carbocycles. The second-order valence-corrected chi connectivity index (χ2v) is 22.7. The second kappa shape index (κ2) is 24.8. The van der Waals surface area contributed by atoms with Crippen LogP contribution in [0, 0.1) is 0 Å². The minimum atomic E-state index is 0.0269. The molecule has 0 amide bonds. The van der Waals surface area contributed by atoms with Crippen LogP contribution < -0.4 is 0 Å². The number of fused-ring (bicyclic) bond motifs is 9. The van der Waals surface area contributed by atoms with Crippen molar-refractivity contribution in [2.45, 2.75) is 218 Å². The van der Waals surface area contributed by atoms with E-state index in [9.17, 15) is 4.79 Å². The maximum atomic E-state index is 14.8. The van der Waals surface area contributed by atoms with Crippen molar-refractivity contribution in [1.82, 2.24) is 0 Å². The SMILES string of the molecule is CCCCCCCCC1(CCCCCCCC)c2ccccc2-c2ccc(-c3ccc4c(c3)C(=O)c3cc(-c5ccc6c(c5)C(CCCCCCCC)(CCCCCCCC)c5ccccc5-6)ccc3-4)cc21. The lowest BCUT2D eigenvalue weighted by molar-refractivity contribution is 0.104. The van der Waals surface area contributed by atoms with Crippen LogP contribution in [0.1, 0.15) is 246 Å². The molecule has 0 radical (unpaired) electrons. The Kier molecular flexibility index (Phi) is 17.9. The van der Waals surface area contributed by atoms with Crippen LogP contribution in [0.2, 0.25) is 0 Å². The molecule has 0 aromatic heterocycles. The van der Waals surface area contributed by atoms with Crippen LogP contribution in [0.3, 0.4) is 0 Å². The summed E-state index contributed by atoms with van der Waals surface area (Å²) in [7, 11) is 0. The minimum Gasteiger partial charge on any atom is -0.289 e. The normalized spacial score (nSPS) is 14.2. The zero-order chi connectivity index (χ0) is 49.8. The lowest BCUT2D eigenvalue weighted by Gasteiger charge is -2.33. The second-order valence-electron chi connectivity index (χ2n) is 22.7. The van der Waals surface area contributed by atoms with Crippen LogP contribution in [0.25, 0.3) is 55.6 Å². The summed E-state index contributed by atoms with van der Waals surface area (Å²) < 4.78 is 0. The summed E-state index contributed by atoms with van der Waals surface area (Å²) in [5.74, 6) is 0.159. The van der Waals surface area contributed by atoms with E-state index in [-0.39, 0.29) is 16.6 Å². The fraction of sp³-hybridized carbons (Fsp3) is 0.479. The van der Waals surface area contributed by atoms with E-state index in [2.05, 4.69) is 149 Å². The maximum absolute atomic E-state index is 14.8. The van der Waals surface area contributed by atoms with Crippen molar-refractivity contribution in [2.75, 3.05) is 0 Å². The highest BCUT2D eigenvalue weighted by molar-refractivity contribution is 6.22. The Hall–Kier alpha value is -5.01. The Morgan fingerprint density at radius 2 is 0.542 bits per heavy atom. The summed E-state index contributed by atoms with van der Waals surface area (Å²) in [5.41, 5.74) is 20.5. The topological polar surface area (TPSA) is 17.1 Å². The van der Waals surface area contributed by atoms with Crippen LogP contribution in [-0.2, 0) is 10.8 Å². The van der Waals surface area contributed by atoms with E-state index in [1.54, 1.807) is 11.1 Å². The first kappa shape index (κ1) is 51.9. The number of benzene rings is 6. The zero-order valence-electron chi connectivity index (χ0n) is 45.3. The quantitative estimate of drug-likeness (QED) is 0.0411. The van der Waals surface area contributed by atoms with Crippen molar-refractivity contribution >= 4 is 5.78 Å². The molecule has 3 aliphatic carbocycles. The summed E-state index contributed by atoms with van der Waals surface area (Å²) >= 11 is 0. The molecule has 0 saturated heterocycles. The molecule has 0 bridgehead atoms. The molecule has 0 heterocycles. The van der Waals surface area contributed by atoms with Crippen molar-refractivity contribution in [3.63, 3.8) is 0 Å². The summed E-state index contributed by atoms with van der Waals surface area (Å²) in [6.45, 7) is 9.26. The molecule has 1 heteroatoms. The van der Waals surface area contributed by atoms with E-state index in [1.165, 1.54) is 224 Å². The molecule has 0 unspecified atom stereocenters. The monoisotopic (exact) mass is 957 g/mol. The third-order valence-electron chi connectivity index (χ3n) is 17.8. The van der Waals surface area contributed by atoms with Gasteiger partial charge >= 0.3 is 0 Å². The third-order valence-corrected chi connectivity index (χ3v) is 17.8. The van der Waals surface area contributed by atoms with E-state index < -0.39 is 0 Å². The van der Waals surface area contributed by atoms with Gasteiger partial charge in [-0.05, 0) is 128 Å². The molecular formula is C71H88O. The van der Waals surface area contributed by atoms with E-state index in [0.717, 1.165) is 33.4 Å². The van der Waals surface area contributed by atoms with Gasteiger partial charge in [-0.25, -0.2) is 0 Å². The van der Waals surface area contributed by atoms with Gasteiger partial charge in [-0.15, -0.1) is 0 Å². The smallest absolute Gasteiger partial charge is 0.194 e. The van der Waals surface area contributed by atoms with Crippen molar-refractivity contribution in [3.05, 3.63) is 155 Å². The van der Waals surface area contributed by atoms with Gasteiger partial charge in [-0.3, -0.25) is 4.79 Å². The predicted octanol–water partition coefficient (Wildman–Crippen LogP) is 21.8. The Morgan fingerprint density at radius 3 is 0.889 bits per heavy atom. The Bertz CT molecular complexity index is 2530. The van der Waals surface area contributed by atoms with Gasteiger partial charge in [0.05, 0.1) is 0 Å². The lowest BCUT2D eigenvalue weighted by Crippen LogP contribution is -2.25. The zero-order valence-corrected chi connectivity index (χ0v) is 45.3. The van der Waals surface area contributed by atoms with Gasteiger partial charge in [-0.2, -0.15) is 0 Å². The first-order valence-electron chi connectivity index (χ1n) is 29.8. The number of carbonyl (C=O) groups excluding carboxylic acids is 1. The summed E-state index contributed by atoms with van der Waals surface area (Å²) in [6.07, 6.45) is 36.4. The minimum absolute atomic E-state index is 0.0269. The number of ketones is 1. The molecule has 72 heavy (non-hydrogen) atoms. The van der Waals surface area contributed by atoms with Gasteiger partial charge in [0, 0.05) is 22.0 Å². The summed E-state index contributed by atoms with van der Waals surface area (Å²) in [5, 5.41) is 0. The van der Waals surface area contributed by atoms with Gasteiger partial charge < -0.3 is 0 Å². The largest absolute Gasteiger partial charge is 0.289 e. The molecule has 9 rings (SSSR count). The van der Waals surface area contributed by atoms with E-state index >= 15 is 0 Å². The molecule has 6 aromatic carbocycles. The predicted molar refractivity (Wildman–Crippen MR) is 311 cm³/mol. The maximum Gasteiger partial charge on any atom is 0.194 e. The van der Waals surface area contributed by atoms with Gasteiger partial charge in [0.25, 0.3) is 0 Å². The molecule has 0 spiro atoms. The highest BCUT2D eigenvalue weighted by Crippen LogP contribution is 2.57. The Morgan fingerprint density at radius 1 is 0.264 bits per heavy atom. The Balaban J connectivity index is 1.00. The van der Waals surface area contributed by atoms with Gasteiger partial charge in [0.2, 0.25) is 0 Å². The first-order valence-corrected chi connectivity index (χ1v) is 29.8. The fourth-order valence-corrected chi connectivity index (χ4v) is 13.9. The Labute approximate surface area is 437 Å². The first-order chi connectivity index (χ1) is 35.5. The fourth-order valence-electron chi connectivity index (χ4n) is 13.9. The molecule has 1 nitrogen and oxygen atoms in total. The van der Waals surface area contributed by atoms with Crippen LogP contribution in [0.15, 0.2) is 121 Å². The van der Waals surface area contributed by atoms with Crippen molar-refractivity contribution < 1.29 is 4.79 Å². The van der Waals surface area contributed by atoms with Crippen LogP contribution in [0.5, 0.6) is 0 Å². The van der Waals surface area contributed by atoms with Crippen molar-refractivity contribution in [1.29, 1.82) is 0 Å². The number of hydrogen-bond acceptors (Lipinski definition) is 1. The van der Waals surface area contributed by atoms with Gasteiger partial charge in [0.1, 0.15) is 0 Å². The van der Waals surface area contributed by atoms with Crippen LogP contribution >= 0.6 is 0 Å². The molecular weight excluding hydrogens is 869 g/mol.